The first-order valence-corrected chi connectivity index (χ1v) is 15.2. The predicted molar refractivity (Wildman–Crippen MR) is 179 cm³/mol. The number of amides is 4. The number of aryl methyl sites for hydroxylation is 1. The second kappa shape index (κ2) is 9.79. The Bertz CT molecular complexity index is 2400. The summed E-state index contributed by atoms with van der Waals surface area (Å²) in [6.45, 7) is 1.98. The van der Waals surface area contributed by atoms with Crippen LogP contribution in [0.15, 0.2) is 114 Å². The van der Waals surface area contributed by atoms with Crippen LogP contribution in [0.1, 0.15) is 59.0 Å². The van der Waals surface area contributed by atoms with Crippen LogP contribution in [0.25, 0.3) is 38.9 Å². The third-order valence-corrected chi connectivity index (χ3v) is 9.04. The highest BCUT2D eigenvalue weighted by Gasteiger charge is 2.40. The number of rotatable bonds is 4. The molecule has 8 nitrogen and oxygen atoms in total. The molecule has 0 bridgehead atoms. The van der Waals surface area contributed by atoms with Crippen molar-refractivity contribution in [2.24, 2.45) is 0 Å². The van der Waals surface area contributed by atoms with Crippen LogP contribution < -0.4 is 9.80 Å². The Balaban J connectivity index is 1.07. The molecule has 8 heteroatoms. The van der Waals surface area contributed by atoms with E-state index < -0.39 is 23.6 Å². The first kappa shape index (κ1) is 26.9. The van der Waals surface area contributed by atoms with Crippen LogP contribution >= 0.6 is 0 Å². The summed E-state index contributed by atoms with van der Waals surface area (Å²) in [7, 11) is 0. The molecule has 4 amide bonds. The first-order chi connectivity index (χ1) is 22.9. The van der Waals surface area contributed by atoms with Gasteiger partial charge in [0.2, 0.25) is 5.89 Å². The van der Waals surface area contributed by atoms with Crippen molar-refractivity contribution < 1.29 is 23.6 Å². The van der Waals surface area contributed by atoms with Crippen LogP contribution in [0, 0.1) is 6.92 Å². The van der Waals surface area contributed by atoms with Crippen LogP contribution in [0.5, 0.6) is 0 Å². The molecule has 0 unspecified atom stereocenters. The number of carbonyl (C=O) groups excluding carboxylic acids is 4. The van der Waals surface area contributed by atoms with E-state index in [0.29, 0.717) is 39.2 Å². The molecule has 0 saturated carbocycles. The quantitative estimate of drug-likeness (QED) is 0.187. The van der Waals surface area contributed by atoms with Gasteiger partial charge in [-0.2, -0.15) is 0 Å². The molecule has 47 heavy (non-hydrogen) atoms. The van der Waals surface area contributed by atoms with Gasteiger partial charge in [-0.15, -0.1) is 0 Å². The van der Waals surface area contributed by atoms with E-state index in [0.717, 1.165) is 38.4 Å². The molecular weight excluding hydrogens is 590 g/mol. The molecule has 6 aromatic rings. The normalized spacial score (nSPS) is 15.4. The smallest absolute Gasteiger partial charge is 0.265 e. The molecule has 1 aliphatic carbocycles. The van der Waals surface area contributed by atoms with Crippen LogP contribution in [0.3, 0.4) is 0 Å². The van der Waals surface area contributed by atoms with Crippen LogP contribution in [-0.4, -0.2) is 28.6 Å². The van der Waals surface area contributed by atoms with E-state index in [9.17, 15) is 19.2 Å². The fourth-order valence-corrected chi connectivity index (χ4v) is 6.73. The van der Waals surface area contributed by atoms with Gasteiger partial charge in [0.1, 0.15) is 5.52 Å². The van der Waals surface area contributed by atoms with Crippen LogP contribution in [-0.2, 0) is 0 Å². The third kappa shape index (κ3) is 3.91. The van der Waals surface area contributed by atoms with E-state index in [1.165, 1.54) is 0 Å². The van der Waals surface area contributed by atoms with Gasteiger partial charge >= 0.3 is 0 Å². The second-order valence-electron chi connectivity index (χ2n) is 11.8. The lowest BCUT2D eigenvalue weighted by Crippen LogP contribution is -2.43. The first-order valence-electron chi connectivity index (χ1n) is 15.2. The van der Waals surface area contributed by atoms with Crippen LogP contribution in [0.4, 0.5) is 11.4 Å². The van der Waals surface area contributed by atoms with Gasteiger partial charge in [0.15, 0.2) is 5.58 Å². The summed E-state index contributed by atoms with van der Waals surface area (Å²) in [5.41, 5.74) is 7.10. The Morgan fingerprint density at radius 3 is 1.62 bits per heavy atom. The summed E-state index contributed by atoms with van der Waals surface area (Å²) in [5, 5.41) is 0.647. The highest BCUT2D eigenvalue weighted by atomic mass is 16.3. The molecule has 224 valence electrons. The Hall–Kier alpha value is -6.41. The highest BCUT2D eigenvalue weighted by Crippen LogP contribution is 2.40. The number of imide groups is 2. The molecule has 0 spiro atoms. The number of anilines is 2. The molecule has 2 aliphatic heterocycles. The van der Waals surface area contributed by atoms with Gasteiger partial charge in [-0.1, -0.05) is 36.4 Å². The Kier molecular flexibility index (Phi) is 5.61. The average molecular weight is 614 g/mol. The second-order valence-corrected chi connectivity index (χ2v) is 11.8. The summed E-state index contributed by atoms with van der Waals surface area (Å²) < 4.78 is 5.92. The number of fused-ring (bicyclic) bond motifs is 1. The number of nitrogens with zero attached hydrogens (tertiary/aromatic N) is 3. The summed E-state index contributed by atoms with van der Waals surface area (Å²) in [5.74, 6) is -1.66. The fraction of sp³-hybridized carbons (Fsp3) is 0.0513. The third-order valence-electron chi connectivity index (χ3n) is 9.04. The van der Waals surface area contributed by atoms with Gasteiger partial charge in [0, 0.05) is 38.6 Å². The van der Waals surface area contributed by atoms with E-state index in [4.69, 9.17) is 4.42 Å². The zero-order valence-corrected chi connectivity index (χ0v) is 25.0. The molecular formula is C39H23N3O5. The van der Waals surface area contributed by atoms with E-state index in [1.807, 2.05) is 43.3 Å². The van der Waals surface area contributed by atoms with E-state index >= 15 is 0 Å². The summed E-state index contributed by atoms with van der Waals surface area (Å²) in [6, 6.07) is 26.2. The van der Waals surface area contributed by atoms with Crippen molar-refractivity contribution in [1.29, 1.82) is 0 Å². The molecule has 1 aromatic heterocycles. The summed E-state index contributed by atoms with van der Waals surface area (Å²) >= 11 is 0. The van der Waals surface area contributed by atoms with Crippen molar-refractivity contribution in [3.05, 3.63) is 143 Å². The lowest BCUT2D eigenvalue weighted by Gasteiger charge is -2.32. The maximum Gasteiger partial charge on any atom is 0.265 e. The minimum absolute atomic E-state index is 0.245. The molecule has 3 aliphatic rings. The lowest BCUT2D eigenvalue weighted by atomic mass is 9.85. The number of allylic oxidation sites excluding steroid dienone is 4. The van der Waals surface area contributed by atoms with Gasteiger partial charge in [-0.05, 0) is 103 Å². The van der Waals surface area contributed by atoms with Crippen molar-refractivity contribution in [2.75, 3.05) is 9.80 Å². The van der Waals surface area contributed by atoms with Gasteiger partial charge in [0.25, 0.3) is 23.6 Å². The van der Waals surface area contributed by atoms with Gasteiger partial charge in [-0.25, -0.2) is 14.8 Å². The molecule has 0 N–H and O–H groups in total. The van der Waals surface area contributed by atoms with Crippen molar-refractivity contribution in [1.82, 2.24) is 4.98 Å². The maximum atomic E-state index is 13.9. The average Bonchev–Trinajstić information content (AvgIpc) is 3.78. The Morgan fingerprint density at radius 2 is 1.13 bits per heavy atom. The van der Waals surface area contributed by atoms with Gasteiger partial charge < -0.3 is 4.42 Å². The SMILES string of the molecule is Cc1ccc2oc(-c3ccc(N4C(=O)c5ccc6c7c(ccc(c57)C4=O)C(=O)N(c4ccc(C5=CCC=C5)cc4)C6=O)cc3)nc2c1. The molecule has 0 saturated heterocycles. The largest absolute Gasteiger partial charge is 0.436 e. The van der Waals surface area contributed by atoms with Crippen molar-refractivity contribution >= 4 is 62.4 Å². The zero-order valence-electron chi connectivity index (χ0n) is 25.0. The number of hydrogen-bond donors (Lipinski definition) is 0. The predicted octanol–water partition coefficient (Wildman–Crippen LogP) is 7.90. The van der Waals surface area contributed by atoms with Crippen LogP contribution in [0.2, 0.25) is 0 Å². The maximum absolute atomic E-state index is 13.9. The van der Waals surface area contributed by atoms with Crippen molar-refractivity contribution in [3.63, 3.8) is 0 Å². The number of aromatic nitrogens is 1. The topological polar surface area (TPSA) is 101 Å². The number of carbonyl (C=O) groups is 4. The molecule has 0 fully saturated rings. The molecule has 5 aromatic carbocycles. The summed E-state index contributed by atoms with van der Waals surface area (Å²) in [4.78, 5) is 62.4. The monoisotopic (exact) mass is 613 g/mol. The van der Waals surface area contributed by atoms with E-state index in [2.05, 4.69) is 17.1 Å². The molecule has 0 radical (unpaired) electrons. The van der Waals surface area contributed by atoms with E-state index in [1.54, 1.807) is 60.7 Å². The number of hydrogen-bond acceptors (Lipinski definition) is 6. The van der Waals surface area contributed by atoms with Crippen molar-refractivity contribution in [3.8, 4) is 11.5 Å². The van der Waals surface area contributed by atoms with Gasteiger partial charge in [-0.3, -0.25) is 19.2 Å². The summed E-state index contributed by atoms with van der Waals surface area (Å²) in [6.07, 6.45) is 7.10. The van der Waals surface area contributed by atoms with E-state index in [-0.39, 0.29) is 22.3 Å². The zero-order chi connectivity index (χ0) is 32.0. The Morgan fingerprint density at radius 1 is 0.617 bits per heavy atom. The number of oxazole rings is 1. The highest BCUT2D eigenvalue weighted by molar-refractivity contribution is 6.42. The molecule has 0 atom stereocenters. The Labute approximate surface area is 267 Å². The van der Waals surface area contributed by atoms with Crippen molar-refractivity contribution in [2.45, 2.75) is 13.3 Å². The minimum atomic E-state index is -0.538. The fourth-order valence-electron chi connectivity index (χ4n) is 6.73. The van der Waals surface area contributed by atoms with Gasteiger partial charge in [0.05, 0.1) is 11.4 Å². The standard InChI is InChI=1S/C39H23N3O5/c1-21-6-19-32-31(20-21)40-35(47-32)24-9-13-26(14-10-24)42-38(45)29-17-15-27-33-28(16-18-30(34(29)33)39(42)46)37(44)41(36(27)43)25-11-7-23(8-12-25)22-4-2-3-5-22/h2,4-20H,3H2,1H3. The lowest BCUT2D eigenvalue weighted by molar-refractivity contribution is 0.0873. The minimum Gasteiger partial charge on any atom is -0.436 e. The molecule has 3 heterocycles. The molecule has 9 rings (SSSR count). The number of benzene rings is 5.